The molecule has 10 heteroatoms. The third-order valence-electron chi connectivity index (χ3n) is 5.72. The quantitative estimate of drug-likeness (QED) is 0.308. The number of ether oxygens (including phenoxy) is 1. The van der Waals surface area contributed by atoms with Gasteiger partial charge in [0.1, 0.15) is 17.9 Å². The van der Waals surface area contributed by atoms with E-state index in [1.54, 1.807) is 23.8 Å². The first-order valence-corrected chi connectivity index (χ1v) is 13.6. The van der Waals surface area contributed by atoms with Crippen LogP contribution in [0.15, 0.2) is 12.2 Å². The highest BCUT2D eigenvalue weighted by Crippen LogP contribution is 2.24. The monoisotopic (exact) mass is 486 g/mol. The minimum absolute atomic E-state index is 0.0118. The number of ketones is 1. The van der Waals surface area contributed by atoms with Gasteiger partial charge in [0.25, 0.3) is 0 Å². The molecule has 180 valence electrons. The van der Waals surface area contributed by atoms with Crippen LogP contribution in [0.2, 0.25) is 0 Å². The van der Waals surface area contributed by atoms with E-state index in [2.05, 4.69) is 10.6 Å². The van der Waals surface area contributed by atoms with Gasteiger partial charge < -0.3 is 20.5 Å². The average molecular weight is 487 g/mol. The molecule has 0 aromatic heterocycles. The molecular weight excluding hydrogens is 452 g/mol. The Labute approximate surface area is 197 Å². The number of esters is 1. The Balaban J connectivity index is 2.43. The predicted octanol–water partition coefficient (Wildman–Crippen LogP) is 2.01. The molecule has 3 unspecified atom stereocenters. The lowest BCUT2D eigenvalue weighted by Gasteiger charge is -2.30. The van der Waals surface area contributed by atoms with Gasteiger partial charge in [0.15, 0.2) is 0 Å². The molecule has 0 radical (unpaired) electrons. The number of aliphatic hydroxyl groups excluding tert-OH is 1. The highest BCUT2D eigenvalue weighted by atomic mass is 33.1. The van der Waals surface area contributed by atoms with E-state index in [0.717, 1.165) is 5.75 Å². The average Bonchev–Trinajstić information content (AvgIpc) is 2.73. The van der Waals surface area contributed by atoms with E-state index >= 15 is 0 Å². The molecule has 8 nitrogen and oxygen atoms in total. The molecule has 0 aromatic carbocycles. The summed E-state index contributed by atoms with van der Waals surface area (Å²) in [5, 5.41) is 16.4. The second-order valence-electron chi connectivity index (χ2n) is 8.45. The number of Topliss-reactive ketones (excluding diaryl/α,β-unsaturated/α-hetero) is 1. The van der Waals surface area contributed by atoms with Gasteiger partial charge in [0, 0.05) is 30.3 Å². The second-order valence-corrected chi connectivity index (χ2v) is 11.1. The van der Waals surface area contributed by atoms with Crippen LogP contribution >= 0.6 is 21.6 Å². The minimum atomic E-state index is -1.16. The van der Waals surface area contributed by atoms with Gasteiger partial charge in [-0.3, -0.25) is 19.2 Å². The van der Waals surface area contributed by atoms with Gasteiger partial charge in [-0.25, -0.2) is 0 Å². The summed E-state index contributed by atoms with van der Waals surface area (Å²) >= 11 is 0. The molecule has 0 aromatic rings. The predicted molar refractivity (Wildman–Crippen MR) is 126 cm³/mol. The lowest BCUT2D eigenvalue weighted by atomic mass is 9.92. The normalized spacial score (nSPS) is 33.6. The van der Waals surface area contributed by atoms with Crippen molar-refractivity contribution >= 4 is 45.2 Å². The Morgan fingerprint density at radius 2 is 1.88 bits per heavy atom. The standard InChI is InChI=1S/C22H34N2O6S2/c1-4-13(2)20-18(26)11-19(27)30-16-7-5-6-8-31-32-12-17(22(29)24-20)23-21(28)14(3)9-15(25)10-16/h5,7,13-14,16-18,20,26H,4,6,8-12H2,1-3H3,(H,23,28)(H,24,29)/b7-5+/t13-,14+,16?,17?,18+,20?/m1/s1. The number of carbonyl (C=O) groups is 4. The van der Waals surface area contributed by atoms with Gasteiger partial charge in [-0.05, 0) is 18.4 Å². The van der Waals surface area contributed by atoms with E-state index in [0.29, 0.717) is 18.6 Å². The smallest absolute Gasteiger partial charge is 0.309 e. The molecule has 6 atom stereocenters. The van der Waals surface area contributed by atoms with E-state index in [9.17, 15) is 24.3 Å². The van der Waals surface area contributed by atoms with Crippen LogP contribution in [0.25, 0.3) is 0 Å². The first-order valence-electron chi connectivity index (χ1n) is 11.1. The maximum Gasteiger partial charge on any atom is 0.309 e. The largest absolute Gasteiger partial charge is 0.458 e. The maximum absolute atomic E-state index is 13.1. The Bertz CT molecular complexity index is 717. The lowest BCUT2D eigenvalue weighted by molar-refractivity contribution is -0.151. The number of aliphatic hydroxyl groups is 1. The van der Waals surface area contributed by atoms with Crippen molar-refractivity contribution in [3.8, 4) is 0 Å². The van der Waals surface area contributed by atoms with Gasteiger partial charge in [-0.15, -0.1) is 0 Å². The van der Waals surface area contributed by atoms with Crippen molar-refractivity contribution in [2.24, 2.45) is 11.8 Å². The van der Waals surface area contributed by atoms with Crippen LogP contribution in [0, 0.1) is 11.8 Å². The first kappa shape index (κ1) is 26.7. The Morgan fingerprint density at radius 3 is 2.59 bits per heavy atom. The summed E-state index contributed by atoms with van der Waals surface area (Å²) < 4.78 is 5.50. The fraction of sp³-hybridized carbons (Fsp3) is 0.727. The Kier molecular flexibility index (Phi) is 11.1. The summed E-state index contributed by atoms with van der Waals surface area (Å²) in [5.74, 6) is -1.24. The van der Waals surface area contributed by atoms with E-state index < -0.39 is 42.1 Å². The van der Waals surface area contributed by atoms with Crippen LogP contribution < -0.4 is 10.6 Å². The molecule has 1 saturated heterocycles. The molecule has 2 bridgehead atoms. The van der Waals surface area contributed by atoms with E-state index in [-0.39, 0.29) is 36.9 Å². The molecule has 32 heavy (non-hydrogen) atoms. The molecule has 0 aliphatic carbocycles. The van der Waals surface area contributed by atoms with Crippen LogP contribution in [-0.4, -0.2) is 64.5 Å². The van der Waals surface area contributed by atoms with Crippen LogP contribution in [0.4, 0.5) is 0 Å². The number of allylic oxidation sites excluding steroid dienone is 1. The van der Waals surface area contributed by atoms with Crippen molar-refractivity contribution in [2.75, 3.05) is 11.5 Å². The van der Waals surface area contributed by atoms with Crippen molar-refractivity contribution in [1.82, 2.24) is 10.6 Å². The number of carbonyl (C=O) groups excluding carboxylic acids is 4. The number of rotatable bonds is 2. The fourth-order valence-corrected chi connectivity index (χ4v) is 5.73. The molecule has 1 fully saturated rings. The Hall–Kier alpha value is -1.52. The molecule has 2 heterocycles. The van der Waals surface area contributed by atoms with E-state index in [1.807, 2.05) is 19.9 Å². The second kappa shape index (κ2) is 13.3. The van der Waals surface area contributed by atoms with Crippen molar-refractivity contribution in [3.63, 3.8) is 0 Å². The van der Waals surface area contributed by atoms with Crippen LogP contribution in [-0.2, 0) is 23.9 Å². The van der Waals surface area contributed by atoms with Gasteiger partial charge in [-0.1, -0.05) is 54.9 Å². The summed E-state index contributed by atoms with van der Waals surface area (Å²) in [7, 11) is 3.07. The van der Waals surface area contributed by atoms with Gasteiger partial charge >= 0.3 is 5.97 Å². The molecule has 2 amide bonds. The zero-order valence-electron chi connectivity index (χ0n) is 18.9. The molecule has 2 rings (SSSR count). The topological polar surface area (TPSA) is 122 Å². The van der Waals surface area contributed by atoms with Crippen LogP contribution in [0.1, 0.15) is 52.9 Å². The van der Waals surface area contributed by atoms with Crippen molar-refractivity contribution < 1.29 is 29.0 Å². The molecular formula is C22H34N2O6S2. The van der Waals surface area contributed by atoms with Crippen molar-refractivity contribution in [1.29, 1.82) is 0 Å². The molecule has 2 aliphatic heterocycles. The summed E-state index contributed by atoms with van der Waals surface area (Å²) in [5.41, 5.74) is 0. The third-order valence-corrected chi connectivity index (χ3v) is 8.17. The summed E-state index contributed by atoms with van der Waals surface area (Å²) in [4.78, 5) is 50.9. The molecule has 0 saturated carbocycles. The minimum Gasteiger partial charge on any atom is -0.458 e. The number of hydrogen-bond donors (Lipinski definition) is 3. The summed E-state index contributed by atoms with van der Waals surface area (Å²) in [6.07, 6.45) is 2.71. The zero-order chi connectivity index (χ0) is 23.7. The number of fused-ring (bicyclic) bond motifs is 7. The van der Waals surface area contributed by atoms with Crippen LogP contribution in [0.3, 0.4) is 0 Å². The van der Waals surface area contributed by atoms with E-state index in [1.165, 1.54) is 10.8 Å². The van der Waals surface area contributed by atoms with Gasteiger partial charge in [0.05, 0.1) is 18.6 Å². The zero-order valence-corrected chi connectivity index (χ0v) is 20.5. The summed E-state index contributed by atoms with van der Waals surface area (Å²) in [6, 6.07) is -1.50. The Morgan fingerprint density at radius 1 is 1.12 bits per heavy atom. The molecule has 3 N–H and O–H groups in total. The first-order chi connectivity index (χ1) is 15.2. The van der Waals surface area contributed by atoms with Gasteiger partial charge in [0.2, 0.25) is 11.8 Å². The molecule has 0 spiro atoms. The van der Waals surface area contributed by atoms with Crippen molar-refractivity contribution in [3.05, 3.63) is 12.2 Å². The highest BCUT2D eigenvalue weighted by molar-refractivity contribution is 8.76. The van der Waals surface area contributed by atoms with Gasteiger partial charge in [-0.2, -0.15) is 0 Å². The number of hydrogen-bond acceptors (Lipinski definition) is 8. The third kappa shape index (κ3) is 8.44. The van der Waals surface area contributed by atoms with Crippen LogP contribution in [0.5, 0.6) is 0 Å². The molecule has 2 aliphatic rings. The van der Waals surface area contributed by atoms with Crippen molar-refractivity contribution in [2.45, 2.75) is 77.2 Å². The number of nitrogens with one attached hydrogen (secondary N) is 2. The SMILES string of the molecule is CC[C@@H](C)C1NC(=O)C2CSSCC/C=C/C(CC(=O)C[C@H](C)C(=O)N2)OC(=O)C[C@@H]1O. The van der Waals surface area contributed by atoms with E-state index in [4.69, 9.17) is 4.74 Å². The highest BCUT2D eigenvalue weighted by Gasteiger charge is 2.33. The maximum atomic E-state index is 13.1. The summed E-state index contributed by atoms with van der Waals surface area (Å²) in [6.45, 7) is 5.46. The lowest BCUT2D eigenvalue weighted by Crippen LogP contribution is -2.56. The fourth-order valence-electron chi connectivity index (χ4n) is 3.58. The number of amides is 2.